The van der Waals surface area contributed by atoms with E-state index in [1.54, 1.807) is 4.90 Å². The van der Waals surface area contributed by atoms with E-state index in [0.717, 1.165) is 35.9 Å². The number of anilines is 1. The molecule has 0 saturated heterocycles. The third-order valence-corrected chi connectivity index (χ3v) is 5.49. The van der Waals surface area contributed by atoms with Crippen LogP contribution in [0.3, 0.4) is 0 Å². The Labute approximate surface area is 174 Å². The first kappa shape index (κ1) is 20.3. The molecule has 0 N–H and O–H groups in total. The lowest BCUT2D eigenvalue weighted by Crippen LogP contribution is -2.38. The van der Waals surface area contributed by atoms with Crippen LogP contribution in [0.4, 0.5) is 14.5 Å². The van der Waals surface area contributed by atoms with Crippen LogP contribution in [0.15, 0.2) is 47.6 Å². The minimum atomic E-state index is -0.645. The highest BCUT2D eigenvalue weighted by Crippen LogP contribution is 2.32. The van der Waals surface area contributed by atoms with E-state index in [1.165, 1.54) is 12.1 Å². The largest absolute Gasteiger partial charge is 0.390 e. The Kier molecular flexibility index (Phi) is 5.70. The molecule has 2 aromatic carbocycles. The maximum Gasteiger partial charge on any atom is 0.226 e. The molecule has 1 atom stereocenters. The van der Waals surface area contributed by atoms with Crippen molar-refractivity contribution in [3.8, 4) is 0 Å². The molecular formula is C23H25F2N3O2. The smallest absolute Gasteiger partial charge is 0.226 e. The summed E-state index contributed by atoms with van der Waals surface area (Å²) < 4.78 is 27.4. The highest BCUT2D eigenvalue weighted by Gasteiger charge is 2.36. The maximum atomic E-state index is 14.1. The number of rotatable bonds is 7. The number of amides is 1. The fourth-order valence-electron chi connectivity index (χ4n) is 3.57. The van der Waals surface area contributed by atoms with E-state index in [2.05, 4.69) is 5.16 Å². The van der Waals surface area contributed by atoms with Gasteiger partial charge in [0.15, 0.2) is 6.10 Å². The van der Waals surface area contributed by atoms with Crippen molar-refractivity contribution < 1.29 is 18.4 Å². The van der Waals surface area contributed by atoms with Crippen LogP contribution in [-0.4, -0.2) is 43.3 Å². The molecule has 1 fully saturated rings. The number of carbonyl (C=O) groups is 1. The van der Waals surface area contributed by atoms with Crippen LogP contribution in [0.2, 0.25) is 0 Å². The molecule has 1 aliphatic carbocycles. The number of hydrogen-bond donors (Lipinski definition) is 0. The zero-order chi connectivity index (χ0) is 21.3. The van der Waals surface area contributed by atoms with Crippen molar-refractivity contribution in [2.75, 3.05) is 25.5 Å². The number of hydrogen-bond acceptors (Lipinski definition) is 4. The molecule has 0 bridgehead atoms. The van der Waals surface area contributed by atoms with Gasteiger partial charge in [0.25, 0.3) is 0 Å². The van der Waals surface area contributed by atoms with Crippen molar-refractivity contribution in [1.82, 2.24) is 4.90 Å². The second-order valence-corrected chi connectivity index (χ2v) is 8.14. The summed E-state index contributed by atoms with van der Waals surface area (Å²) in [4.78, 5) is 22.0. The summed E-state index contributed by atoms with van der Waals surface area (Å²) in [6.45, 7) is 0.406. The fraction of sp³-hybridized carbons (Fsp3) is 0.391. The topological polar surface area (TPSA) is 45.1 Å². The Morgan fingerprint density at radius 3 is 2.50 bits per heavy atom. The van der Waals surface area contributed by atoms with Gasteiger partial charge in [0.05, 0.1) is 12.3 Å². The van der Waals surface area contributed by atoms with E-state index < -0.39 is 11.6 Å². The second-order valence-electron chi connectivity index (χ2n) is 8.14. The van der Waals surface area contributed by atoms with Gasteiger partial charge in [-0.05, 0) is 36.6 Å². The van der Waals surface area contributed by atoms with Gasteiger partial charge >= 0.3 is 0 Å². The van der Waals surface area contributed by atoms with Crippen LogP contribution >= 0.6 is 0 Å². The molecule has 7 heteroatoms. The molecular weight excluding hydrogens is 388 g/mol. The number of carbonyl (C=O) groups excluding carboxylic acids is 1. The normalized spacial score (nSPS) is 18.0. The predicted molar refractivity (Wildman–Crippen MR) is 111 cm³/mol. The number of benzene rings is 2. The first-order valence-electron chi connectivity index (χ1n) is 10.1. The summed E-state index contributed by atoms with van der Waals surface area (Å²) >= 11 is 0. The Morgan fingerprint density at radius 1 is 1.13 bits per heavy atom. The van der Waals surface area contributed by atoms with Gasteiger partial charge < -0.3 is 14.6 Å². The SMILES string of the molecule is CN(C)c1ccc(C2=NO[C@@H](CN(Cc3ccc(F)cc3F)C(=O)C3CC3)C2)cc1. The first-order valence-corrected chi connectivity index (χ1v) is 10.1. The molecule has 158 valence electrons. The van der Waals surface area contributed by atoms with Gasteiger partial charge in [-0.2, -0.15) is 0 Å². The van der Waals surface area contributed by atoms with Crippen molar-refractivity contribution in [2.45, 2.75) is 31.9 Å². The summed E-state index contributed by atoms with van der Waals surface area (Å²) in [7, 11) is 3.97. The zero-order valence-electron chi connectivity index (χ0n) is 17.1. The third-order valence-electron chi connectivity index (χ3n) is 5.49. The minimum absolute atomic E-state index is 0.00567. The molecule has 5 nitrogen and oxygen atoms in total. The molecule has 1 amide bonds. The number of nitrogens with zero attached hydrogens (tertiary/aromatic N) is 3. The Morgan fingerprint density at radius 2 is 1.87 bits per heavy atom. The summed E-state index contributed by atoms with van der Waals surface area (Å²) in [5.41, 5.74) is 3.20. The average Bonchev–Trinajstić information content (AvgIpc) is 3.47. The monoisotopic (exact) mass is 413 g/mol. The molecule has 0 aromatic heterocycles. The highest BCUT2D eigenvalue weighted by molar-refractivity contribution is 6.01. The second kappa shape index (κ2) is 8.42. The van der Waals surface area contributed by atoms with Gasteiger partial charge in [0.2, 0.25) is 5.91 Å². The van der Waals surface area contributed by atoms with Crippen LogP contribution in [0, 0.1) is 17.6 Å². The van der Waals surface area contributed by atoms with Crippen LogP contribution < -0.4 is 4.90 Å². The third kappa shape index (κ3) is 4.61. The van der Waals surface area contributed by atoms with Crippen molar-refractivity contribution >= 4 is 17.3 Å². The van der Waals surface area contributed by atoms with E-state index in [0.29, 0.717) is 18.5 Å². The molecule has 0 radical (unpaired) electrons. The predicted octanol–water partition coefficient (Wildman–Crippen LogP) is 3.96. The lowest BCUT2D eigenvalue weighted by molar-refractivity contribution is -0.135. The quantitative estimate of drug-likeness (QED) is 0.690. The van der Waals surface area contributed by atoms with E-state index in [-0.39, 0.29) is 24.5 Å². The highest BCUT2D eigenvalue weighted by atomic mass is 19.1. The van der Waals surface area contributed by atoms with Crippen LogP contribution in [0.1, 0.15) is 30.4 Å². The fourth-order valence-corrected chi connectivity index (χ4v) is 3.57. The van der Waals surface area contributed by atoms with Gasteiger partial charge in [-0.25, -0.2) is 8.78 Å². The molecule has 0 unspecified atom stereocenters. The summed E-state index contributed by atoms with van der Waals surface area (Å²) in [6, 6.07) is 11.5. The number of halogens is 2. The Balaban J connectivity index is 1.43. The van der Waals surface area contributed by atoms with Crippen molar-refractivity contribution in [3.05, 3.63) is 65.2 Å². The van der Waals surface area contributed by atoms with Gasteiger partial charge in [0, 0.05) is 50.3 Å². The van der Waals surface area contributed by atoms with Gasteiger partial charge in [-0.1, -0.05) is 23.4 Å². The summed E-state index contributed by atoms with van der Waals surface area (Å²) in [5, 5.41) is 4.21. The summed E-state index contributed by atoms with van der Waals surface area (Å²) in [5.74, 6) is -1.29. The molecule has 2 aromatic rings. The Hall–Kier alpha value is -2.96. The molecule has 2 aliphatic rings. The molecule has 1 saturated carbocycles. The first-order chi connectivity index (χ1) is 14.4. The average molecular weight is 413 g/mol. The van der Waals surface area contributed by atoms with Crippen LogP contribution in [0.25, 0.3) is 0 Å². The van der Waals surface area contributed by atoms with Crippen LogP contribution in [-0.2, 0) is 16.2 Å². The lowest BCUT2D eigenvalue weighted by Gasteiger charge is -2.25. The van der Waals surface area contributed by atoms with Crippen molar-refractivity contribution in [3.63, 3.8) is 0 Å². The molecule has 30 heavy (non-hydrogen) atoms. The molecule has 4 rings (SSSR count). The molecule has 1 heterocycles. The zero-order valence-corrected chi connectivity index (χ0v) is 17.1. The van der Waals surface area contributed by atoms with E-state index in [1.807, 2.05) is 43.3 Å². The number of oxime groups is 1. The van der Waals surface area contributed by atoms with Gasteiger partial charge in [-0.15, -0.1) is 0 Å². The lowest BCUT2D eigenvalue weighted by atomic mass is 10.0. The van der Waals surface area contributed by atoms with Gasteiger partial charge in [0.1, 0.15) is 11.6 Å². The Bertz CT molecular complexity index is 955. The van der Waals surface area contributed by atoms with Gasteiger partial charge in [-0.3, -0.25) is 4.79 Å². The van der Waals surface area contributed by atoms with E-state index in [9.17, 15) is 13.6 Å². The van der Waals surface area contributed by atoms with Crippen LogP contribution in [0.5, 0.6) is 0 Å². The van der Waals surface area contributed by atoms with E-state index >= 15 is 0 Å². The molecule has 1 aliphatic heterocycles. The maximum absolute atomic E-state index is 14.1. The summed E-state index contributed by atoms with van der Waals surface area (Å²) in [6.07, 6.45) is 1.99. The van der Waals surface area contributed by atoms with Crippen molar-refractivity contribution in [1.29, 1.82) is 0 Å². The minimum Gasteiger partial charge on any atom is -0.390 e. The molecule has 0 spiro atoms. The van der Waals surface area contributed by atoms with Crippen molar-refractivity contribution in [2.24, 2.45) is 11.1 Å². The van der Waals surface area contributed by atoms with E-state index in [4.69, 9.17) is 4.84 Å². The standard InChI is InChI=1S/C23H25F2N3O2/c1-27(2)19-9-6-15(7-10-19)22-12-20(30-26-22)14-28(23(29)16-3-4-16)13-17-5-8-18(24)11-21(17)25/h5-11,16,20H,3-4,12-14H2,1-2H3/t20-/m1/s1.